The largest absolute Gasteiger partial charge is 0.491 e. The zero-order chi connectivity index (χ0) is 10.0. The Morgan fingerprint density at radius 2 is 2.23 bits per heavy atom. The second-order valence-corrected chi connectivity index (χ2v) is 2.03. The third-order valence-electron chi connectivity index (χ3n) is 1.29. The van der Waals surface area contributed by atoms with Crippen LogP contribution < -0.4 is 4.74 Å². The molecule has 0 N–H and O–H groups in total. The maximum atomic E-state index is 12.9. The van der Waals surface area contributed by atoms with Crippen molar-refractivity contribution in [2.45, 2.75) is 0 Å². The van der Waals surface area contributed by atoms with Crippen LogP contribution in [0.4, 0.5) is 14.6 Å². The van der Waals surface area contributed by atoms with E-state index in [2.05, 4.69) is 9.72 Å². The highest BCUT2D eigenvalue weighted by Crippen LogP contribution is 2.26. The van der Waals surface area contributed by atoms with Crippen LogP contribution in [0.2, 0.25) is 0 Å². The average molecular weight is 190 g/mol. The molecule has 0 unspecified atom stereocenters. The lowest BCUT2D eigenvalue weighted by Crippen LogP contribution is -2.01. The van der Waals surface area contributed by atoms with Gasteiger partial charge in [0.15, 0.2) is 6.20 Å². The van der Waals surface area contributed by atoms with Gasteiger partial charge in [-0.25, -0.2) is 0 Å². The first-order valence-electron chi connectivity index (χ1n) is 3.10. The number of nitrogens with zero attached hydrogens (tertiary/aromatic N) is 2. The standard InChI is InChI=1S/C6H4F2N2O3/c1-13-5-3(7)2-9-6(4(5)8)10(11)12/h2H,1H3. The van der Waals surface area contributed by atoms with Crippen LogP contribution in [0.1, 0.15) is 0 Å². The zero-order valence-electron chi connectivity index (χ0n) is 6.45. The first-order chi connectivity index (χ1) is 6.07. The molecular formula is C6H4F2N2O3. The Morgan fingerprint density at radius 3 is 2.69 bits per heavy atom. The molecule has 0 bridgehead atoms. The molecule has 5 nitrogen and oxygen atoms in total. The van der Waals surface area contributed by atoms with Gasteiger partial charge in [-0.05, 0) is 9.91 Å². The van der Waals surface area contributed by atoms with Crippen molar-refractivity contribution >= 4 is 5.82 Å². The summed E-state index contributed by atoms with van der Waals surface area (Å²) in [5.74, 6) is -4.35. The minimum atomic E-state index is -1.41. The Morgan fingerprint density at radius 1 is 1.62 bits per heavy atom. The number of pyridine rings is 1. The van der Waals surface area contributed by atoms with Crippen LogP contribution in [-0.4, -0.2) is 17.0 Å². The lowest BCUT2D eigenvalue weighted by molar-refractivity contribution is -0.392. The van der Waals surface area contributed by atoms with Crippen LogP contribution in [0.25, 0.3) is 0 Å². The predicted octanol–water partition coefficient (Wildman–Crippen LogP) is 1.28. The number of hydrogen-bond acceptors (Lipinski definition) is 4. The Hall–Kier alpha value is -1.79. The van der Waals surface area contributed by atoms with Gasteiger partial charge in [0.1, 0.15) is 0 Å². The number of methoxy groups -OCH3 is 1. The maximum absolute atomic E-state index is 12.9. The van der Waals surface area contributed by atoms with Crippen LogP contribution >= 0.6 is 0 Å². The third kappa shape index (κ3) is 1.53. The van der Waals surface area contributed by atoms with Crippen LogP contribution in [-0.2, 0) is 0 Å². The van der Waals surface area contributed by atoms with Gasteiger partial charge in [-0.1, -0.05) is 0 Å². The van der Waals surface area contributed by atoms with E-state index >= 15 is 0 Å². The lowest BCUT2D eigenvalue weighted by atomic mass is 10.4. The summed E-state index contributed by atoms with van der Waals surface area (Å²) in [6.45, 7) is 0. The highest BCUT2D eigenvalue weighted by atomic mass is 19.1. The number of halogens is 2. The van der Waals surface area contributed by atoms with Crippen molar-refractivity contribution in [1.29, 1.82) is 0 Å². The summed E-state index contributed by atoms with van der Waals surface area (Å²) in [6, 6.07) is 0. The van der Waals surface area contributed by atoms with E-state index in [9.17, 15) is 18.9 Å². The average Bonchev–Trinajstić information content (AvgIpc) is 2.04. The quantitative estimate of drug-likeness (QED) is 0.520. The fourth-order valence-corrected chi connectivity index (χ4v) is 0.754. The van der Waals surface area contributed by atoms with Gasteiger partial charge in [0, 0.05) is 0 Å². The van der Waals surface area contributed by atoms with Crippen molar-refractivity contribution in [3.63, 3.8) is 0 Å². The van der Waals surface area contributed by atoms with Gasteiger partial charge in [0.25, 0.3) is 5.82 Å². The highest BCUT2D eigenvalue weighted by molar-refractivity contribution is 5.34. The van der Waals surface area contributed by atoms with E-state index < -0.39 is 28.1 Å². The van der Waals surface area contributed by atoms with Gasteiger partial charge in [-0.3, -0.25) is 0 Å². The molecule has 7 heteroatoms. The second kappa shape index (κ2) is 3.30. The smallest absolute Gasteiger partial charge is 0.403 e. The molecule has 1 rings (SSSR count). The molecule has 0 radical (unpaired) electrons. The van der Waals surface area contributed by atoms with E-state index in [1.807, 2.05) is 0 Å². The van der Waals surface area contributed by atoms with E-state index in [0.29, 0.717) is 6.20 Å². The molecule has 0 aliphatic heterocycles. The first-order valence-corrected chi connectivity index (χ1v) is 3.10. The minimum Gasteiger partial charge on any atom is -0.491 e. The van der Waals surface area contributed by atoms with Crippen LogP contribution in [0.15, 0.2) is 6.20 Å². The number of ether oxygens (including phenoxy) is 1. The molecule has 0 saturated carbocycles. The Kier molecular flexibility index (Phi) is 2.36. The van der Waals surface area contributed by atoms with Crippen molar-refractivity contribution in [3.05, 3.63) is 27.9 Å². The summed E-state index contributed by atoms with van der Waals surface area (Å²) in [4.78, 5) is 12.0. The molecule has 0 spiro atoms. The molecule has 0 atom stereocenters. The van der Waals surface area contributed by atoms with Crippen LogP contribution in [0.3, 0.4) is 0 Å². The molecule has 0 fully saturated rings. The molecule has 0 aliphatic rings. The number of aromatic nitrogens is 1. The van der Waals surface area contributed by atoms with E-state index in [1.54, 1.807) is 0 Å². The molecule has 0 amide bonds. The van der Waals surface area contributed by atoms with Crippen molar-refractivity contribution in [2.24, 2.45) is 0 Å². The van der Waals surface area contributed by atoms with Crippen molar-refractivity contribution < 1.29 is 18.4 Å². The number of rotatable bonds is 2. The monoisotopic (exact) mass is 190 g/mol. The van der Waals surface area contributed by atoms with Gasteiger partial charge in [0.05, 0.1) is 7.11 Å². The Balaban J connectivity index is 3.35. The molecule has 0 aliphatic carbocycles. The molecule has 70 valence electrons. The van der Waals surface area contributed by atoms with Gasteiger partial charge in [0.2, 0.25) is 11.6 Å². The van der Waals surface area contributed by atoms with Crippen LogP contribution in [0.5, 0.6) is 5.75 Å². The summed E-state index contributed by atoms with van der Waals surface area (Å²) < 4.78 is 29.8. The summed E-state index contributed by atoms with van der Waals surface area (Å²) >= 11 is 0. The van der Waals surface area contributed by atoms with E-state index in [0.717, 1.165) is 7.11 Å². The Bertz CT molecular complexity index is 356. The molecule has 1 heterocycles. The summed E-state index contributed by atoms with van der Waals surface area (Å²) in [7, 11) is 1.01. The predicted molar refractivity (Wildman–Crippen MR) is 37.4 cm³/mol. The fourth-order valence-electron chi connectivity index (χ4n) is 0.754. The summed E-state index contributed by atoms with van der Waals surface area (Å²) in [6.07, 6.45) is 0.528. The maximum Gasteiger partial charge on any atom is 0.403 e. The molecule has 0 aromatic carbocycles. The van der Waals surface area contributed by atoms with Gasteiger partial charge in [-0.2, -0.15) is 8.78 Å². The normalized spacial score (nSPS) is 9.77. The van der Waals surface area contributed by atoms with E-state index in [-0.39, 0.29) is 0 Å². The topological polar surface area (TPSA) is 65.3 Å². The van der Waals surface area contributed by atoms with Gasteiger partial charge in [-0.15, -0.1) is 0 Å². The highest BCUT2D eigenvalue weighted by Gasteiger charge is 2.24. The van der Waals surface area contributed by atoms with E-state index in [1.165, 1.54) is 0 Å². The van der Waals surface area contributed by atoms with Crippen molar-refractivity contribution in [1.82, 2.24) is 4.98 Å². The van der Waals surface area contributed by atoms with Crippen LogP contribution in [0, 0.1) is 21.7 Å². The third-order valence-corrected chi connectivity index (χ3v) is 1.29. The Labute approximate surface area is 71.1 Å². The molecule has 1 aromatic heterocycles. The van der Waals surface area contributed by atoms with Gasteiger partial charge < -0.3 is 14.9 Å². The van der Waals surface area contributed by atoms with Crippen molar-refractivity contribution in [2.75, 3.05) is 7.11 Å². The van der Waals surface area contributed by atoms with E-state index in [4.69, 9.17) is 0 Å². The molecule has 0 saturated heterocycles. The number of nitro groups is 1. The summed E-state index contributed by atoms with van der Waals surface area (Å²) in [5.41, 5.74) is 0. The van der Waals surface area contributed by atoms with Crippen molar-refractivity contribution in [3.8, 4) is 5.75 Å². The molecule has 13 heavy (non-hydrogen) atoms. The second-order valence-electron chi connectivity index (χ2n) is 2.03. The first kappa shape index (κ1) is 9.30. The zero-order valence-corrected chi connectivity index (χ0v) is 6.45. The molecular weight excluding hydrogens is 186 g/mol. The fraction of sp³-hybridized carbons (Fsp3) is 0.167. The van der Waals surface area contributed by atoms with Gasteiger partial charge >= 0.3 is 5.82 Å². The minimum absolute atomic E-state index is 0.528. The lowest BCUT2D eigenvalue weighted by Gasteiger charge is -2.00. The SMILES string of the molecule is COc1c(F)cnc([N+](=O)[O-])c1F. The molecule has 1 aromatic rings. The number of hydrogen-bond donors (Lipinski definition) is 0. The summed E-state index contributed by atoms with van der Waals surface area (Å²) in [5, 5.41) is 10.1.